The highest BCUT2D eigenvalue weighted by Crippen LogP contribution is 2.18. The summed E-state index contributed by atoms with van der Waals surface area (Å²) in [6.07, 6.45) is 5.24. The normalized spacial score (nSPS) is 31.5. The highest BCUT2D eigenvalue weighted by molar-refractivity contribution is 5.83. The van der Waals surface area contributed by atoms with Gasteiger partial charge in [0.15, 0.2) is 0 Å². The molecule has 2 aliphatic rings. The van der Waals surface area contributed by atoms with Crippen LogP contribution in [0.4, 0.5) is 0 Å². The fourth-order valence-corrected chi connectivity index (χ4v) is 2.34. The van der Waals surface area contributed by atoms with E-state index < -0.39 is 0 Å². The minimum atomic E-state index is 0.337. The molecular weight excluding hydrogens is 188 g/mol. The predicted octanol–water partition coefficient (Wildman–Crippen LogP) is 1.97. The number of nitrogens with zero attached hydrogens (tertiary/aromatic N) is 1. The lowest BCUT2D eigenvalue weighted by Crippen LogP contribution is -2.41. The lowest BCUT2D eigenvalue weighted by atomic mass is 10.1. The van der Waals surface area contributed by atoms with E-state index in [2.05, 4.69) is 24.2 Å². The van der Waals surface area contributed by atoms with E-state index in [-0.39, 0.29) is 0 Å². The summed E-state index contributed by atoms with van der Waals surface area (Å²) in [5, 5.41) is 3.48. The molecule has 0 aromatic rings. The van der Waals surface area contributed by atoms with Gasteiger partial charge in [-0.1, -0.05) is 20.3 Å². The maximum absolute atomic E-state index is 5.90. The average molecular weight is 210 g/mol. The first-order valence-electron chi connectivity index (χ1n) is 6.20. The molecule has 0 aromatic heterocycles. The van der Waals surface area contributed by atoms with Crippen molar-refractivity contribution in [2.75, 3.05) is 13.1 Å². The Labute approximate surface area is 92.3 Å². The van der Waals surface area contributed by atoms with Crippen LogP contribution in [0.1, 0.15) is 39.5 Å². The number of nitrogens with one attached hydrogen (secondary N) is 1. The highest BCUT2D eigenvalue weighted by atomic mass is 16.5. The standard InChI is InChI=1S/C12H22N2O/c1-9(2)7-10-8-14-12(15-10)11-5-3-4-6-13-11/h9-11,13H,3-8H2,1-2H3. The van der Waals surface area contributed by atoms with E-state index in [0.717, 1.165) is 25.4 Å². The van der Waals surface area contributed by atoms with Crippen LogP contribution >= 0.6 is 0 Å². The van der Waals surface area contributed by atoms with Gasteiger partial charge >= 0.3 is 0 Å². The molecule has 1 saturated heterocycles. The van der Waals surface area contributed by atoms with Gasteiger partial charge in [0.2, 0.25) is 5.90 Å². The van der Waals surface area contributed by atoms with E-state index in [1.807, 2.05) is 0 Å². The van der Waals surface area contributed by atoms with E-state index >= 15 is 0 Å². The zero-order valence-electron chi connectivity index (χ0n) is 9.83. The van der Waals surface area contributed by atoms with E-state index in [1.165, 1.54) is 19.3 Å². The maximum Gasteiger partial charge on any atom is 0.201 e. The van der Waals surface area contributed by atoms with Gasteiger partial charge in [0, 0.05) is 0 Å². The van der Waals surface area contributed by atoms with Gasteiger partial charge in [-0.2, -0.15) is 0 Å². The number of hydrogen-bond donors (Lipinski definition) is 1. The first-order chi connectivity index (χ1) is 7.25. The van der Waals surface area contributed by atoms with Crippen LogP contribution in [0.25, 0.3) is 0 Å². The topological polar surface area (TPSA) is 33.6 Å². The van der Waals surface area contributed by atoms with Gasteiger partial charge in [0.25, 0.3) is 0 Å². The Morgan fingerprint density at radius 2 is 2.33 bits per heavy atom. The van der Waals surface area contributed by atoms with Gasteiger partial charge in [-0.3, -0.25) is 4.99 Å². The third-order valence-electron chi connectivity index (χ3n) is 3.08. The fourth-order valence-electron chi connectivity index (χ4n) is 2.34. The zero-order chi connectivity index (χ0) is 10.7. The second kappa shape index (κ2) is 4.97. The molecule has 0 bridgehead atoms. The summed E-state index contributed by atoms with van der Waals surface area (Å²) in [7, 11) is 0. The quantitative estimate of drug-likeness (QED) is 0.772. The monoisotopic (exact) mass is 210 g/mol. The molecule has 0 spiro atoms. The summed E-state index contributed by atoms with van der Waals surface area (Å²) in [4.78, 5) is 4.53. The minimum absolute atomic E-state index is 0.337. The Morgan fingerprint density at radius 3 is 3.00 bits per heavy atom. The van der Waals surface area contributed by atoms with Crippen molar-refractivity contribution in [1.82, 2.24) is 5.32 Å². The highest BCUT2D eigenvalue weighted by Gasteiger charge is 2.27. The smallest absolute Gasteiger partial charge is 0.201 e. The zero-order valence-corrected chi connectivity index (χ0v) is 9.83. The SMILES string of the molecule is CC(C)CC1CN=C(C2CCCCN2)O1. The molecule has 3 heteroatoms. The number of piperidine rings is 1. The molecule has 1 fully saturated rings. The van der Waals surface area contributed by atoms with Gasteiger partial charge in [0.1, 0.15) is 6.10 Å². The molecule has 86 valence electrons. The molecule has 0 amide bonds. The molecule has 2 atom stereocenters. The van der Waals surface area contributed by atoms with Crippen molar-refractivity contribution in [3.63, 3.8) is 0 Å². The molecule has 2 rings (SSSR count). The second-order valence-electron chi connectivity index (χ2n) is 5.05. The molecule has 0 aliphatic carbocycles. The molecule has 0 saturated carbocycles. The van der Waals surface area contributed by atoms with Gasteiger partial charge in [-0.05, 0) is 31.7 Å². The molecule has 0 aromatic carbocycles. The molecule has 2 heterocycles. The largest absolute Gasteiger partial charge is 0.475 e. The van der Waals surface area contributed by atoms with Crippen LogP contribution in [-0.2, 0) is 4.74 Å². The second-order valence-corrected chi connectivity index (χ2v) is 5.05. The van der Waals surface area contributed by atoms with Crippen LogP contribution in [0, 0.1) is 5.92 Å². The van der Waals surface area contributed by atoms with Crippen molar-refractivity contribution in [3.05, 3.63) is 0 Å². The summed E-state index contributed by atoms with van der Waals surface area (Å²) in [5.41, 5.74) is 0. The van der Waals surface area contributed by atoms with E-state index in [1.54, 1.807) is 0 Å². The summed E-state index contributed by atoms with van der Waals surface area (Å²) < 4.78 is 5.90. The molecule has 2 unspecified atom stereocenters. The first kappa shape index (κ1) is 10.9. The van der Waals surface area contributed by atoms with Crippen LogP contribution in [0.3, 0.4) is 0 Å². The first-order valence-corrected chi connectivity index (χ1v) is 6.20. The number of ether oxygens (including phenoxy) is 1. The van der Waals surface area contributed by atoms with Gasteiger partial charge in [0.05, 0.1) is 12.6 Å². The van der Waals surface area contributed by atoms with Crippen molar-refractivity contribution < 1.29 is 4.74 Å². The van der Waals surface area contributed by atoms with Crippen LogP contribution in [-0.4, -0.2) is 31.1 Å². The van der Waals surface area contributed by atoms with Crippen LogP contribution < -0.4 is 5.32 Å². The van der Waals surface area contributed by atoms with Crippen molar-refractivity contribution in [3.8, 4) is 0 Å². The van der Waals surface area contributed by atoms with Crippen molar-refractivity contribution >= 4 is 5.90 Å². The molecular formula is C12H22N2O. The number of hydrogen-bond acceptors (Lipinski definition) is 3. The summed E-state index contributed by atoms with van der Waals surface area (Å²) in [5.74, 6) is 1.67. The fraction of sp³-hybridized carbons (Fsp3) is 0.917. The minimum Gasteiger partial charge on any atom is -0.475 e. The van der Waals surface area contributed by atoms with Crippen molar-refractivity contribution in [1.29, 1.82) is 0 Å². The van der Waals surface area contributed by atoms with E-state index in [9.17, 15) is 0 Å². The third-order valence-corrected chi connectivity index (χ3v) is 3.08. The Morgan fingerprint density at radius 1 is 1.47 bits per heavy atom. The van der Waals surface area contributed by atoms with Crippen LogP contribution in [0.5, 0.6) is 0 Å². The third kappa shape index (κ3) is 2.94. The Hall–Kier alpha value is -0.570. The van der Waals surface area contributed by atoms with Crippen molar-refractivity contribution in [2.24, 2.45) is 10.9 Å². The van der Waals surface area contributed by atoms with Crippen molar-refractivity contribution in [2.45, 2.75) is 51.7 Å². The lowest BCUT2D eigenvalue weighted by molar-refractivity contribution is 0.182. The van der Waals surface area contributed by atoms with E-state index in [4.69, 9.17) is 4.74 Å². The van der Waals surface area contributed by atoms with Gasteiger partial charge < -0.3 is 10.1 Å². The van der Waals surface area contributed by atoms with Gasteiger partial charge in [-0.25, -0.2) is 0 Å². The van der Waals surface area contributed by atoms with Crippen LogP contribution in [0.15, 0.2) is 4.99 Å². The molecule has 0 radical (unpaired) electrons. The molecule has 2 aliphatic heterocycles. The Kier molecular flexibility index (Phi) is 3.62. The molecule has 1 N–H and O–H groups in total. The summed E-state index contributed by atoms with van der Waals surface area (Å²) >= 11 is 0. The van der Waals surface area contributed by atoms with Crippen LogP contribution in [0.2, 0.25) is 0 Å². The molecule has 3 nitrogen and oxygen atoms in total. The summed E-state index contributed by atoms with van der Waals surface area (Å²) in [6, 6.07) is 0.399. The lowest BCUT2D eigenvalue weighted by Gasteiger charge is -2.24. The number of aliphatic imine (C=N–C) groups is 1. The predicted molar refractivity (Wildman–Crippen MR) is 62.3 cm³/mol. The molecule has 15 heavy (non-hydrogen) atoms. The Bertz CT molecular complexity index is 232. The Balaban J connectivity index is 1.80. The number of rotatable bonds is 3. The summed E-state index contributed by atoms with van der Waals surface area (Å²) in [6.45, 7) is 6.45. The maximum atomic E-state index is 5.90. The van der Waals surface area contributed by atoms with E-state index in [0.29, 0.717) is 18.1 Å². The average Bonchev–Trinajstić information content (AvgIpc) is 2.67. The van der Waals surface area contributed by atoms with Gasteiger partial charge in [-0.15, -0.1) is 0 Å².